The van der Waals surface area contributed by atoms with Gasteiger partial charge in [0.15, 0.2) is 5.82 Å². The molecular formula is C21H27N5O3. The normalized spacial score (nSPS) is 24.1. The number of aromatic nitrogens is 2. The molecule has 8 heteroatoms. The number of para-hydroxylation sites is 1. The van der Waals surface area contributed by atoms with E-state index in [-0.39, 0.29) is 23.9 Å². The van der Waals surface area contributed by atoms with Crippen LogP contribution in [-0.4, -0.2) is 52.7 Å². The van der Waals surface area contributed by atoms with E-state index < -0.39 is 6.04 Å². The van der Waals surface area contributed by atoms with Crippen molar-refractivity contribution in [2.45, 2.75) is 57.0 Å². The summed E-state index contributed by atoms with van der Waals surface area (Å²) in [6.45, 7) is 2.61. The molecule has 0 bridgehead atoms. The third kappa shape index (κ3) is 3.97. The van der Waals surface area contributed by atoms with Crippen LogP contribution in [0, 0.1) is 0 Å². The van der Waals surface area contributed by atoms with Crippen LogP contribution in [0.25, 0.3) is 0 Å². The molecule has 3 amide bonds. The number of carbonyl (C=O) groups is 2. The summed E-state index contributed by atoms with van der Waals surface area (Å²) in [5.74, 6) is 1.53. The van der Waals surface area contributed by atoms with Gasteiger partial charge in [-0.15, -0.1) is 0 Å². The van der Waals surface area contributed by atoms with Gasteiger partial charge in [0.05, 0.1) is 0 Å². The number of hydrogen-bond acceptors (Lipinski definition) is 5. The summed E-state index contributed by atoms with van der Waals surface area (Å²) in [5, 5.41) is 7.04. The first-order valence-electron chi connectivity index (χ1n) is 10.3. The van der Waals surface area contributed by atoms with Gasteiger partial charge in [0.2, 0.25) is 11.8 Å². The molecule has 154 valence electrons. The van der Waals surface area contributed by atoms with Gasteiger partial charge in [0.25, 0.3) is 0 Å². The molecule has 2 aromatic rings. The van der Waals surface area contributed by atoms with Gasteiger partial charge in [-0.2, -0.15) is 4.98 Å². The molecule has 1 aliphatic heterocycles. The first-order chi connectivity index (χ1) is 14.1. The zero-order chi connectivity index (χ0) is 20.4. The van der Waals surface area contributed by atoms with Crippen LogP contribution in [0.3, 0.4) is 0 Å². The molecule has 1 aromatic heterocycles. The maximum atomic E-state index is 12.8. The highest BCUT2D eigenvalue weighted by Crippen LogP contribution is 2.34. The van der Waals surface area contributed by atoms with Gasteiger partial charge in [-0.3, -0.25) is 4.79 Å². The molecule has 2 heterocycles. The Hall–Kier alpha value is -2.90. The van der Waals surface area contributed by atoms with E-state index in [1.807, 2.05) is 37.3 Å². The van der Waals surface area contributed by atoms with Crippen molar-refractivity contribution in [2.75, 3.05) is 18.5 Å². The minimum Gasteiger partial charge on any atom is -0.339 e. The first kappa shape index (κ1) is 19.4. The van der Waals surface area contributed by atoms with Crippen molar-refractivity contribution in [2.24, 2.45) is 0 Å². The highest BCUT2D eigenvalue weighted by Gasteiger charge is 2.38. The third-order valence-corrected chi connectivity index (χ3v) is 5.94. The highest BCUT2D eigenvalue weighted by atomic mass is 16.5. The molecule has 2 aliphatic rings. The number of carbonyl (C=O) groups excluding carboxylic acids is 2. The van der Waals surface area contributed by atoms with Gasteiger partial charge in [0.1, 0.15) is 6.04 Å². The number of likely N-dealkylation sites (N-methyl/N-ethyl adjacent to an activating group) is 1. The Morgan fingerprint density at radius 3 is 2.79 bits per heavy atom. The van der Waals surface area contributed by atoms with Gasteiger partial charge < -0.3 is 19.6 Å². The number of nitrogens with zero attached hydrogens (tertiary/aromatic N) is 4. The van der Waals surface area contributed by atoms with Gasteiger partial charge in [-0.25, -0.2) is 4.79 Å². The maximum absolute atomic E-state index is 12.8. The quantitative estimate of drug-likeness (QED) is 0.838. The fourth-order valence-electron chi connectivity index (χ4n) is 4.22. The Balaban J connectivity index is 1.32. The molecule has 2 fully saturated rings. The summed E-state index contributed by atoms with van der Waals surface area (Å²) in [7, 11) is 1.70. The number of amides is 3. The fourth-order valence-corrected chi connectivity index (χ4v) is 4.22. The van der Waals surface area contributed by atoms with E-state index >= 15 is 0 Å². The predicted molar refractivity (Wildman–Crippen MR) is 108 cm³/mol. The molecular weight excluding hydrogens is 370 g/mol. The Kier molecular flexibility index (Phi) is 5.51. The van der Waals surface area contributed by atoms with Crippen molar-refractivity contribution < 1.29 is 14.1 Å². The first-order valence-corrected chi connectivity index (χ1v) is 10.3. The number of anilines is 1. The number of urea groups is 1. The minimum atomic E-state index is -0.435. The lowest BCUT2D eigenvalue weighted by molar-refractivity contribution is -0.120. The number of aryl methyl sites for hydroxylation is 1. The van der Waals surface area contributed by atoms with Crippen LogP contribution < -0.4 is 10.2 Å². The molecule has 0 radical (unpaired) electrons. The van der Waals surface area contributed by atoms with Crippen LogP contribution >= 0.6 is 0 Å². The van der Waals surface area contributed by atoms with Crippen molar-refractivity contribution in [1.82, 2.24) is 20.4 Å². The average Bonchev–Trinajstić information content (AvgIpc) is 3.47. The van der Waals surface area contributed by atoms with E-state index in [0.29, 0.717) is 18.9 Å². The predicted octanol–water partition coefficient (Wildman–Crippen LogP) is 2.72. The van der Waals surface area contributed by atoms with Crippen molar-refractivity contribution >= 4 is 17.6 Å². The monoisotopic (exact) mass is 397 g/mol. The summed E-state index contributed by atoms with van der Waals surface area (Å²) in [6.07, 6.45) is 3.93. The van der Waals surface area contributed by atoms with Crippen LogP contribution in [0.5, 0.6) is 0 Å². The highest BCUT2D eigenvalue weighted by molar-refractivity contribution is 6.01. The molecule has 1 saturated carbocycles. The van der Waals surface area contributed by atoms with Crippen molar-refractivity contribution in [3.8, 4) is 0 Å². The summed E-state index contributed by atoms with van der Waals surface area (Å²) < 4.78 is 5.35. The average molecular weight is 397 g/mol. The zero-order valence-corrected chi connectivity index (χ0v) is 16.9. The van der Waals surface area contributed by atoms with E-state index in [1.54, 1.807) is 16.8 Å². The zero-order valence-electron chi connectivity index (χ0n) is 16.9. The molecule has 4 rings (SSSR count). The molecule has 1 aromatic carbocycles. The topological polar surface area (TPSA) is 91.6 Å². The SMILES string of the molecule is CCc1noc(C2CCC(NC(=O)N(C)C3CCN(c4ccccc4)C3=O)C2)n1. The maximum Gasteiger partial charge on any atom is 0.318 e. The van der Waals surface area contributed by atoms with Crippen LogP contribution in [-0.2, 0) is 11.2 Å². The molecule has 3 unspecified atom stereocenters. The van der Waals surface area contributed by atoms with Gasteiger partial charge in [0, 0.05) is 37.7 Å². The summed E-state index contributed by atoms with van der Waals surface area (Å²) in [5.41, 5.74) is 0.874. The number of hydrogen-bond donors (Lipinski definition) is 1. The number of benzene rings is 1. The molecule has 1 aliphatic carbocycles. The second-order valence-corrected chi connectivity index (χ2v) is 7.80. The van der Waals surface area contributed by atoms with Crippen LogP contribution in [0.4, 0.5) is 10.5 Å². The van der Waals surface area contributed by atoms with E-state index in [2.05, 4.69) is 15.5 Å². The molecule has 3 atom stereocenters. The van der Waals surface area contributed by atoms with Crippen molar-refractivity contribution in [3.63, 3.8) is 0 Å². The molecule has 1 N–H and O–H groups in total. The van der Waals surface area contributed by atoms with Gasteiger partial charge >= 0.3 is 6.03 Å². The van der Waals surface area contributed by atoms with Crippen molar-refractivity contribution in [1.29, 1.82) is 0 Å². The van der Waals surface area contributed by atoms with Gasteiger partial charge in [-0.05, 0) is 37.8 Å². The van der Waals surface area contributed by atoms with Crippen LogP contribution in [0.15, 0.2) is 34.9 Å². The summed E-state index contributed by atoms with van der Waals surface area (Å²) in [4.78, 5) is 33.3. The molecule has 1 saturated heterocycles. The van der Waals surface area contributed by atoms with Crippen LogP contribution in [0.2, 0.25) is 0 Å². The molecule has 29 heavy (non-hydrogen) atoms. The van der Waals surface area contributed by atoms with Crippen LogP contribution in [0.1, 0.15) is 50.2 Å². The molecule has 0 spiro atoms. The second-order valence-electron chi connectivity index (χ2n) is 7.80. The number of rotatable bonds is 5. The smallest absolute Gasteiger partial charge is 0.318 e. The van der Waals surface area contributed by atoms with Gasteiger partial charge in [-0.1, -0.05) is 30.3 Å². The largest absolute Gasteiger partial charge is 0.339 e. The Morgan fingerprint density at radius 1 is 1.28 bits per heavy atom. The Labute approximate surface area is 170 Å². The van der Waals surface area contributed by atoms with E-state index in [4.69, 9.17) is 4.52 Å². The van der Waals surface area contributed by atoms with E-state index in [9.17, 15) is 9.59 Å². The Morgan fingerprint density at radius 2 is 2.07 bits per heavy atom. The summed E-state index contributed by atoms with van der Waals surface area (Å²) in [6, 6.07) is 8.99. The van der Waals surface area contributed by atoms with Crippen molar-refractivity contribution in [3.05, 3.63) is 42.0 Å². The lowest BCUT2D eigenvalue weighted by Gasteiger charge is -2.26. The molecule has 8 nitrogen and oxygen atoms in total. The van der Waals surface area contributed by atoms with E-state index in [0.717, 1.165) is 37.2 Å². The second kappa shape index (κ2) is 8.23. The third-order valence-electron chi connectivity index (χ3n) is 5.94. The minimum absolute atomic E-state index is 0.0314. The number of nitrogens with one attached hydrogen (secondary N) is 1. The fraction of sp³-hybridized carbons (Fsp3) is 0.524. The standard InChI is InChI=1S/C21H27N5O3/c1-3-18-23-19(29-24-18)14-9-10-15(13-14)22-21(28)25(2)17-11-12-26(20(17)27)16-7-5-4-6-8-16/h4-8,14-15,17H,3,9-13H2,1-2H3,(H,22,28). The van der Waals surface area contributed by atoms with E-state index in [1.165, 1.54) is 0 Å². The lowest BCUT2D eigenvalue weighted by atomic mass is 10.1. The Bertz CT molecular complexity index is 868. The summed E-state index contributed by atoms with van der Waals surface area (Å²) >= 11 is 0. The lowest BCUT2D eigenvalue weighted by Crippen LogP contribution is -2.49.